The Bertz CT molecular complexity index is 2860. The summed E-state index contributed by atoms with van der Waals surface area (Å²) in [6, 6.07) is 61.5. The van der Waals surface area contributed by atoms with E-state index < -0.39 is 0 Å². The Balaban J connectivity index is 1.06. The van der Waals surface area contributed by atoms with Crippen LogP contribution in [0.5, 0.6) is 23.0 Å². The predicted molar refractivity (Wildman–Crippen MR) is 226 cm³/mol. The van der Waals surface area contributed by atoms with Gasteiger partial charge in [-0.05, 0) is 91.6 Å². The third kappa shape index (κ3) is 4.60. The Hall–Kier alpha value is -5.81. The molecule has 0 radical (unpaired) electrons. The molecular weight excluding hydrogens is 694 g/mol. The summed E-state index contributed by atoms with van der Waals surface area (Å²) in [6.07, 6.45) is 0. The van der Waals surface area contributed by atoms with Crippen LogP contribution in [-0.2, 0) is 0 Å². The quantitative estimate of drug-likeness (QED) is 0.170. The summed E-state index contributed by atoms with van der Waals surface area (Å²) >= 11 is 3.70. The van der Waals surface area contributed by atoms with Crippen molar-refractivity contribution < 1.29 is 9.47 Å². The molecule has 0 N–H and O–H groups in total. The van der Waals surface area contributed by atoms with Crippen LogP contribution in [0.2, 0.25) is 0 Å². The molecule has 8 aromatic rings. The molecule has 0 aromatic heterocycles. The SMILES string of the molecule is c1ccc(-c2cc3c4c(c2)Sc2ccccc2B4c2cc4c(cc2O3)Oc2cc(-c3ccccc3-c3ccccc3)cc3c2B4c2ccccc2S3)cc1. The van der Waals surface area contributed by atoms with Crippen molar-refractivity contribution in [1.82, 2.24) is 0 Å². The Morgan fingerprint density at radius 3 is 1.37 bits per heavy atom. The topological polar surface area (TPSA) is 18.5 Å². The maximum Gasteiger partial charge on any atom is 0.253 e. The van der Waals surface area contributed by atoms with Gasteiger partial charge in [-0.25, -0.2) is 0 Å². The molecule has 54 heavy (non-hydrogen) atoms. The van der Waals surface area contributed by atoms with Gasteiger partial charge in [-0.3, -0.25) is 0 Å². The zero-order valence-corrected chi connectivity index (χ0v) is 30.6. The molecule has 2 nitrogen and oxygen atoms in total. The summed E-state index contributed by atoms with van der Waals surface area (Å²) in [5, 5.41) is 0. The molecular formula is C48H28B2O2S2. The smallest absolute Gasteiger partial charge is 0.253 e. The second kappa shape index (κ2) is 11.8. The second-order valence-corrected chi connectivity index (χ2v) is 16.5. The summed E-state index contributed by atoms with van der Waals surface area (Å²) in [4.78, 5) is 5.08. The third-order valence-corrected chi connectivity index (χ3v) is 13.6. The second-order valence-electron chi connectivity index (χ2n) is 14.3. The first-order chi connectivity index (χ1) is 26.7. The van der Waals surface area contributed by atoms with Crippen molar-refractivity contribution in [2.75, 3.05) is 0 Å². The van der Waals surface area contributed by atoms with Crippen LogP contribution in [0.15, 0.2) is 189 Å². The number of fused-ring (bicyclic) bond motifs is 8. The molecule has 250 valence electrons. The standard InChI is InChI=1S/C48H28B2O2S2/c1-3-13-29(14-4-1)31-23-41-47-45(25-31)53-43-21-11-9-19-35(43)49(47)37-27-38-40(28-39(37)51-41)52-42-24-32(34-18-8-7-17-33(34)30-15-5-2-6-16-30)26-46-48(42)50(38)36-20-10-12-22-44(36)54-46/h1-28H. The average molecular weight is 723 g/mol. The first-order valence-electron chi connectivity index (χ1n) is 18.4. The third-order valence-electron chi connectivity index (χ3n) is 11.3. The molecule has 8 aromatic carbocycles. The highest BCUT2D eigenvalue weighted by Crippen LogP contribution is 2.44. The van der Waals surface area contributed by atoms with Gasteiger partial charge in [0, 0.05) is 25.6 Å². The van der Waals surface area contributed by atoms with Crippen molar-refractivity contribution in [3.05, 3.63) is 170 Å². The lowest BCUT2D eigenvalue weighted by Crippen LogP contribution is -2.61. The van der Waals surface area contributed by atoms with Gasteiger partial charge in [0.05, 0.1) is 0 Å². The maximum absolute atomic E-state index is 7.07. The Morgan fingerprint density at radius 2 is 0.778 bits per heavy atom. The summed E-state index contributed by atoms with van der Waals surface area (Å²) in [5.74, 6) is 3.54. The number of hydrogen-bond donors (Lipinski definition) is 0. The van der Waals surface area contributed by atoms with Crippen molar-refractivity contribution in [2.45, 2.75) is 19.6 Å². The molecule has 6 heteroatoms. The van der Waals surface area contributed by atoms with Gasteiger partial charge in [0.15, 0.2) is 0 Å². The largest absolute Gasteiger partial charge is 0.458 e. The molecule has 0 aliphatic carbocycles. The normalized spacial score (nSPS) is 13.6. The van der Waals surface area contributed by atoms with Gasteiger partial charge >= 0.3 is 0 Å². The van der Waals surface area contributed by atoms with Gasteiger partial charge in [-0.15, -0.1) is 0 Å². The van der Waals surface area contributed by atoms with Crippen LogP contribution in [0.4, 0.5) is 0 Å². The molecule has 0 bridgehead atoms. The predicted octanol–water partition coefficient (Wildman–Crippen LogP) is 8.86. The zero-order valence-electron chi connectivity index (χ0n) is 29.0. The molecule has 12 rings (SSSR count). The van der Waals surface area contributed by atoms with Gasteiger partial charge in [-0.1, -0.05) is 162 Å². The van der Waals surface area contributed by atoms with E-state index in [-0.39, 0.29) is 13.4 Å². The van der Waals surface area contributed by atoms with Gasteiger partial charge in [0.1, 0.15) is 23.0 Å². The number of hydrogen-bond acceptors (Lipinski definition) is 4. The van der Waals surface area contributed by atoms with E-state index >= 15 is 0 Å². The first-order valence-corrected chi connectivity index (χ1v) is 20.0. The first kappa shape index (κ1) is 30.6. The minimum Gasteiger partial charge on any atom is -0.458 e. The highest BCUT2D eigenvalue weighted by atomic mass is 32.2. The molecule has 4 heterocycles. The van der Waals surface area contributed by atoms with E-state index in [1.165, 1.54) is 74.6 Å². The molecule has 0 fully saturated rings. The minimum atomic E-state index is 0.0365. The van der Waals surface area contributed by atoms with Crippen molar-refractivity contribution >= 4 is 69.7 Å². The lowest BCUT2D eigenvalue weighted by Gasteiger charge is -2.37. The van der Waals surface area contributed by atoms with Crippen molar-refractivity contribution in [2.24, 2.45) is 0 Å². The Morgan fingerprint density at radius 1 is 0.315 bits per heavy atom. The fourth-order valence-electron chi connectivity index (χ4n) is 8.94. The fraction of sp³-hybridized carbons (Fsp3) is 0. The monoisotopic (exact) mass is 722 g/mol. The number of rotatable bonds is 3. The van der Waals surface area contributed by atoms with Gasteiger partial charge in [0.2, 0.25) is 0 Å². The molecule has 4 aliphatic heterocycles. The Labute approximate surface area is 323 Å². The molecule has 0 saturated heterocycles. The van der Waals surface area contributed by atoms with E-state index in [0.717, 1.165) is 34.1 Å². The van der Waals surface area contributed by atoms with Crippen LogP contribution in [-0.4, -0.2) is 13.4 Å². The number of ether oxygens (including phenoxy) is 2. The van der Waals surface area contributed by atoms with E-state index in [1.54, 1.807) is 0 Å². The minimum absolute atomic E-state index is 0.0365. The van der Waals surface area contributed by atoms with E-state index in [0.29, 0.717) is 0 Å². The molecule has 0 unspecified atom stereocenters. The highest BCUT2D eigenvalue weighted by Gasteiger charge is 2.44. The van der Waals surface area contributed by atoms with Crippen molar-refractivity contribution in [3.8, 4) is 56.4 Å². The van der Waals surface area contributed by atoms with Crippen LogP contribution in [0.1, 0.15) is 0 Å². The summed E-state index contributed by atoms with van der Waals surface area (Å²) in [7, 11) is 0. The van der Waals surface area contributed by atoms with E-state index in [1.807, 2.05) is 23.5 Å². The summed E-state index contributed by atoms with van der Waals surface area (Å²) in [5.41, 5.74) is 14.6. The van der Waals surface area contributed by atoms with Crippen molar-refractivity contribution in [3.63, 3.8) is 0 Å². The highest BCUT2D eigenvalue weighted by molar-refractivity contribution is 8.00. The Kier molecular flexibility index (Phi) is 6.72. The number of benzene rings is 8. The van der Waals surface area contributed by atoms with E-state index in [9.17, 15) is 0 Å². The molecule has 0 spiro atoms. The van der Waals surface area contributed by atoms with Crippen LogP contribution < -0.4 is 42.3 Å². The fourth-order valence-corrected chi connectivity index (χ4v) is 11.3. The van der Waals surface area contributed by atoms with E-state index in [2.05, 4.69) is 170 Å². The molecule has 0 saturated carbocycles. The summed E-state index contributed by atoms with van der Waals surface area (Å²) in [6.45, 7) is 0.0896. The lowest BCUT2D eigenvalue weighted by atomic mass is 9.32. The van der Waals surface area contributed by atoms with Crippen LogP contribution >= 0.6 is 23.5 Å². The van der Waals surface area contributed by atoms with Gasteiger partial charge < -0.3 is 9.47 Å². The van der Waals surface area contributed by atoms with Gasteiger partial charge in [-0.2, -0.15) is 0 Å². The van der Waals surface area contributed by atoms with E-state index in [4.69, 9.17) is 9.47 Å². The summed E-state index contributed by atoms with van der Waals surface area (Å²) < 4.78 is 14.1. The molecule has 0 atom stereocenters. The van der Waals surface area contributed by atoms with Crippen LogP contribution in [0.3, 0.4) is 0 Å². The molecule has 0 amide bonds. The van der Waals surface area contributed by atoms with Gasteiger partial charge in [0.25, 0.3) is 13.4 Å². The van der Waals surface area contributed by atoms with Crippen molar-refractivity contribution in [1.29, 1.82) is 0 Å². The van der Waals surface area contributed by atoms with Crippen LogP contribution in [0.25, 0.3) is 33.4 Å². The molecule has 4 aliphatic rings. The average Bonchev–Trinajstić information content (AvgIpc) is 3.23. The lowest BCUT2D eigenvalue weighted by molar-refractivity contribution is 0.465. The maximum atomic E-state index is 7.07. The zero-order chi connectivity index (χ0) is 35.3. The van der Waals surface area contributed by atoms with Crippen LogP contribution in [0, 0.1) is 0 Å².